The van der Waals surface area contributed by atoms with Crippen molar-refractivity contribution in [3.05, 3.63) is 65.2 Å². The number of anilines is 1. The van der Waals surface area contributed by atoms with Gasteiger partial charge in [0.25, 0.3) is 5.91 Å². The van der Waals surface area contributed by atoms with Gasteiger partial charge in [0.05, 0.1) is 18.2 Å². The van der Waals surface area contributed by atoms with E-state index in [1.165, 1.54) is 0 Å². The molecule has 2 aromatic rings. The number of benzene rings is 2. The summed E-state index contributed by atoms with van der Waals surface area (Å²) in [6.07, 6.45) is 2.94. The van der Waals surface area contributed by atoms with E-state index in [9.17, 15) is 14.4 Å². The Labute approximate surface area is 218 Å². The molecule has 2 fully saturated rings. The molecule has 0 aliphatic carbocycles. The fourth-order valence-electron chi connectivity index (χ4n) is 5.74. The first-order valence-corrected chi connectivity index (χ1v) is 13.3. The smallest absolute Gasteiger partial charge is 0.414 e. The lowest BCUT2D eigenvalue weighted by Gasteiger charge is -2.40. The highest BCUT2D eigenvalue weighted by Gasteiger charge is 2.35. The van der Waals surface area contributed by atoms with E-state index in [0.29, 0.717) is 57.8 Å². The summed E-state index contributed by atoms with van der Waals surface area (Å²) in [7, 11) is 0. The molecule has 1 atom stereocenters. The molecule has 2 amide bonds. The van der Waals surface area contributed by atoms with Gasteiger partial charge in [-0.1, -0.05) is 30.3 Å². The number of carbonyl (C=O) groups is 3. The van der Waals surface area contributed by atoms with Crippen molar-refractivity contribution in [3.63, 3.8) is 0 Å². The number of cyclic esters (lactones) is 1. The van der Waals surface area contributed by atoms with Crippen molar-refractivity contribution in [2.45, 2.75) is 51.8 Å². The van der Waals surface area contributed by atoms with Crippen LogP contribution >= 0.6 is 0 Å². The molecule has 3 aliphatic heterocycles. The number of carbonyl (C=O) groups excluding carboxylic acids is 3. The molecule has 2 saturated heterocycles. The lowest BCUT2D eigenvalue weighted by molar-refractivity contribution is -0.150. The molecule has 37 heavy (non-hydrogen) atoms. The summed E-state index contributed by atoms with van der Waals surface area (Å²) in [4.78, 5) is 44.0. The SMILES string of the molecule is CCOC(=O)C1CCCN(Cc2cccc(C(=O)N3CCC(N4C(=O)OCc5ccccc54)CC3)c2)C1. The van der Waals surface area contributed by atoms with Crippen LogP contribution in [0.5, 0.6) is 0 Å². The van der Waals surface area contributed by atoms with Crippen molar-refractivity contribution in [1.82, 2.24) is 9.80 Å². The molecule has 5 rings (SSSR count). The zero-order valence-corrected chi connectivity index (χ0v) is 21.4. The minimum Gasteiger partial charge on any atom is -0.466 e. The summed E-state index contributed by atoms with van der Waals surface area (Å²) in [5.41, 5.74) is 3.68. The zero-order valence-electron chi connectivity index (χ0n) is 21.4. The maximum absolute atomic E-state index is 13.3. The van der Waals surface area contributed by atoms with E-state index in [2.05, 4.69) is 4.90 Å². The van der Waals surface area contributed by atoms with Gasteiger partial charge in [0.2, 0.25) is 0 Å². The molecular weight excluding hydrogens is 470 g/mol. The minimum absolute atomic E-state index is 0.00998. The maximum atomic E-state index is 13.3. The molecule has 0 bridgehead atoms. The Morgan fingerprint density at radius 3 is 2.65 bits per heavy atom. The quantitative estimate of drug-likeness (QED) is 0.547. The van der Waals surface area contributed by atoms with Crippen LogP contribution in [0.2, 0.25) is 0 Å². The number of likely N-dealkylation sites (tertiary alicyclic amines) is 2. The number of amides is 2. The average molecular weight is 506 g/mol. The Morgan fingerprint density at radius 1 is 1.03 bits per heavy atom. The highest BCUT2D eigenvalue weighted by atomic mass is 16.6. The summed E-state index contributed by atoms with van der Waals surface area (Å²) in [6, 6.07) is 15.7. The first-order chi connectivity index (χ1) is 18.0. The van der Waals surface area contributed by atoms with Crippen molar-refractivity contribution in [2.75, 3.05) is 37.7 Å². The van der Waals surface area contributed by atoms with Crippen LogP contribution in [-0.2, 0) is 27.4 Å². The molecule has 0 saturated carbocycles. The zero-order chi connectivity index (χ0) is 25.8. The molecule has 0 N–H and O–H groups in total. The summed E-state index contributed by atoms with van der Waals surface area (Å²) in [5, 5.41) is 0. The van der Waals surface area contributed by atoms with Crippen molar-refractivity contribution >= 4 is 23.7 Å². The average Bonchev–Trinajstić information content (AvgIpc) is 2.93. The third-order valence-corrected chi connectivity index (χ3v) is 7.62. The Hall–Kier alpha value is -3.39. The van der Waals surface area contributed by atoms with Crippen LogP contribution in [0.15, 0.2) is 48.5 Å². The highest BCUT2D eigenvalue weighted by molar-refractivity contribution is 5.95. The van der Waals surface area contributed by atoms with Crippen LogP contribution < -0.4 is 4.90 Å². The first kappa shape index (κ1) is 25.3. The fraction of sp³-hybridized carbons (Fsp3) is 0.483. The van der Waals surface area contributed by atoms with Crippen LogP contribution in [0.3, 0.4) is 0 Å². The Bertz CT molecular complexity index is 1140. The second kappa shape index (κ2) is 11.3. The largest absolute Gasteiger partial charge is 0.466 e. The molecule has 3 heterocycles. The summed E-state index contributed by atoms with van der Waals surface area (Å²) in [6.45, 7) is 6.06. The van der Waals surface area contributed by atoms with Crippen LogP contribution in [-0.4, -0.2) is 66.6 Å². The van der Waals surface area contributed by atoms with E-state index in [1.54, 1.807) is 4.90 Å². The van der Waals surface area contributed by atoms with Gasteiger partial charge in [0.1, 0.15) is 6.61 Å². The van der Waals surface area contributed by atoms with Crippen LogP contribution in [0, 0.1) is 5.92 Å². The Morgan fingerprint density at radius 2 is 1.84 bits per heavy atom. The third-order valence-electron chi connectivity index (χ3n) is 7.62. The summed E-state index contributed by atoms with van der Waals surface area (Å²) in [5.74, 6) is -0.172. The van der Waals surface area contributed by atoms with Gasteiger partial charge in [0, 0.05) is 43.3 Å². The van der Waals surface area contributed by atoms with Crippen LogP contribution in [0.4, 0.5) is 10.5 Å². The fourth-order valence-corrected chi connectivity index (χ4v) is 5.74. The highest BCUT2D eigenvalue weighted by Crippen LogP contribution is 2.32. The molecule has 8 nitrogen and oxygen atoms in total. The number of nitrogens with zero attached hydrogens (tertiary/aromatic N) is 3. The number of hydrogen-bond donors (Lipinski definition) is 0. The van der Waals surface area contributed by atoms with E-state index in [0.717, 1.165) is 36.2 Å². The number of esters is 1. The number of piperidine rings is 2. The van der Waals surface area contributed by atoms with Gasteiger partial charge < -0.3 is 14.4 Å². The van der Waals surface area contributed by atoms with Gasteiger partial charge in [0.15, 0.2) is 0 Å². The summed E-state index contributed by atoms with van der Waals surface area (Å²) >= 11 is 0. The van der Waals surface area contributed by atoms with Crippen LogP contribution in [0.25, 0.3) is 0 Å². The van der Waals surface area contributed by atoms with E-state index < -0.39 is 0 Å². The number of rotatable bonds is 6. The molecule has 0 aromatic heterocycles. The van der Waals surface area contributed by atoms with Gasteiger partial charge in [-0.05, 0) is 62.9 Å². The third kappa shape index (κ3) is 5.64. The molecule has 8 heteroatoms. The molecule has 196 valence electrons. The van der Waals surface area contributed by atoms with E-state index in [1.807, 2.05) is 60.4 Å². The van der Waals surface area contributed by atoms with E-state index in [-0.39, 0.29) is 29.9 Å². The van der Waals surface area contributed by atoms with Gasteiger partial charge in [-0.15, -0.1) is 0 Å². The molecule has 0 spiro atoms. The van der Waals surface area contributed by atoms with Gasteiger partial charge in [-0.2, -0.15) is 0 Å². The van der Waals surface area contributed by atoms with Crippen molar-refractivity contribution < 1.29 is 23.9 Å². The van der Waals surface area contributed by atoms with Crippen molar-refractivity contribution in [3.8, 4) is 0 Å². The minimum atomic E-state index is -0.306. The normalized spacial score (nSPS) is 20.8. The van der Waals surface area contributed by atoms with Crippen molar-refractivity contribution in [1.29, 1.82) is 0 Å². The predicted molar refractivity (Wildman–Crippen MR) is 139 cm³/mol. The first-order valence-electron chi connectivity index (χ1n) is 13.3. The number of fused-ring (bicyclic) bond motifs is 1. The molecular formula is C29H35N3O5. The number of ether oxygens (including phenoxy) is 2. The Balaban J connectivity index is 1.19. The number of hydrogen-bond acceptors (Lipinski definition) is 6. The van der Waals surface area contributed by atoms with Gasteiger partial charge >= 0.3 is 12.1 Å². The second-order valence-electron chi connectivity index (χ2n) is 10.1. The van der Waals surface area contributed by atoms with Crippen molar-refractivity contribution in [2.24, 2.45) is 5.92 Å². The monoisotopic (exact) mass is 505 g/mol. The Kier molecular flexibility index (Phi) is 7.74. The van der Waals surface area contributed by atoms with Gasteiger partial charge in [-0.3, -0.25) is 19.4 Å². The summed E-state index contributed by atoms with van der Waals surface area (Å²) < 4.78 is 10.6. The lowest BCUT2D eigenvalue weighted by atomic mass is 9.97. The molecule has 1 unspecified atom stereocenters. The van der Waals surface area contributed by atoms with Gasteiger partial charge in [-0.25, -0.2) is 4.79 Å². The topological polar surface area (TPSA) is 79.4 Å². The predicted octanol–water partition coefficient (Wildman–Crippen LogP) is 4.22. The lowest BCUT2D eigenvalue weighted by Crippen LogP contribution is -2.50. The van der Waals surface area contributed by atoms with E-state index >= 15 is 0 Å². The molecule has 2 aromatic carbocycles. The second-order valence-corrected chi connectivity index (χ2v) is 10.1. The number of para-hydroxylation sites is 1. The standard InChI is InChI=1S/C29H35N3O5/c1-2-36-28(34)23-10-6-14-30(19-23)18-21-7-5-9-22(17-21)27(33)31-15-12-25(13-16-31)32-26-11-4-3-8-24(26)20-37-29(32)35/h3-5,7-9,11,17,23,25H,2,6,10,12-16,18-20H2,1H3. The maximum Gasteiger partial charge on any atom is 0.414 e. The van der Waals surface area contributed by atoms with E-state index in [4.69, 9.17) is 9.47 Å². The molecule has 0 radical (unpaired) electrons. The molecule has 3 aliphatic rings. The van der Waals surface area contributed by atoms with Crippen LogP contribution in [0.1, 0.15) is 54.1 Å².